The Morgan fingerprint density at radius 3 is 2.31 bits per heavy atom. The molecule has 0 radical (unpaired) electrons. The van der Waals surface area contributed by atoms with Gasteiger partial charge in [0.2, 0.25) is 0 Å². The quantitative estimate of drug-likeness (QED) is 0.727. The summed E-state index contributed by atoms with van der Waals surface area (Å²) in [4.78, 5) is 2.31. The smallest absolute Gasteiger partial charge is 0.0486 e. The topological polar surface area (TPSA) is 20.3 Å². The van der Waals surface area contributed by atoms with Gasteiger partial charge in [0.25, 0.3) is 0 Å². The van der Waals surface area contributed by atoms with E-state index in [0.717, 1.165) is 25.4 Å². The zero-order valence-corrected chi connectivity index (χ0v) is 11.0. The van der Waals surface area contributed by atoms with Crippen LogP contribution in [0.1, 0.15) is 19.4 Å². The molecule has 0 aromatic heterocycles. The van der Waals surface area contributed by atoms with E-state index in [0.29, 0.717) is 5.75 Å². The number of rotatable bonds is 7. The summed E-state index contributed by atoms with van der Waals surface area (Å²) >= 11 is 0. The molecule has 16 heavy (non-hydrogen) atoms. The van der Waals surface area contributed by atoms with Crippen LogP contribution in [0.25, 0.3) is 0 Å². The highest BCUT2D eigenvalue weighted by atomic mass is 32.2. The molecule has 0 N–H and O–H groups in total. The van der Waals surface area contributed by atoms with Crippen LogP contribution in [-0.4, -0.2) is 34.5 Å². The maximum Gasteiger partial charge on any atom is 0.0486 e. The molecule has 3 heteroatoms. The normalized spacial score (nSPS) is 12.9. The van der Waals surface area contributed by atoms with Crippen molar-refractivity contribution in [2.75, 3.05) is 25.4 Å². The second-order valence-electron chi connectivity index (χ2n) is 3.80. The van der Waals surface area contributed by atoms with Gasteiger partial charge in [0, 0.05) is 28.9 Å². The fraction of sp³-hybridized carbons (Fsp3) is 0.538. The molecule has 90 valence electrons. The molecule has 1 aromatic rings. The minimum atomic E-state index is -0.736. The van der Waals surface area contributed by atoms with E-state index < -0.39 is 10.8 Å². The van der Waals surface area contributed by atoms with E-state index >= 15 is 0 Å². The molecule has 1 aromatic carbocycles. The first-order valence-corrected chi connectivity index (χ1v) is 7.36. The average molecular weight is 239 g/mol. The Hall–Kier alpha value is -0.670. The lowest BCUT2D eigenvalue weighted by Crippen LogP contribution is -2.27. The standard InChI is InChI=1S/C13H21NOS/c1-3-14(4-2)10-11-16(15)12-13-8-6-5-7-9-13/h5-9H,3-4,10-12H2,1-2H3. The lowest BCUT2D eigenvalue weighted by Gasteiger charge is -2.17. The summed E-state index contributed by atoms with van der Waals surface area (Å²) in [6.07, 6.45) is 0. The van der Waals surface area contributed by atoms with E-state index in [9.17, 15) is 4.21 Å². The van der Waals surface area contributed by atoms with Crippen molar-refractivity contribution in [1.29, 1.82) is 0 Å². The van der Waals surface area contributed by atoms with Gasteiger partial charge in [-0.2, -0.15) is 0 Å². The Balaban J connectivity index is 2.31. The van der Waals surface area contributed by atoms with Crippen LogP contribution in [0.5, 0.6) is 0 Å². The molecule has 0 aliphatic rings. The molecule has 1 atom stereocenters. The largest absolute Gasteiger partial charge is 0.303 e. The van der Waals surface area contributed by atoms with Gasteiger partial charge in [0.05, 0.1) is 0 Å². The van der Waals surface area contributed by atoms with Gasteiger partial charge in [-0.15, -0.1) is 0 Å². The van der Waals surface area contributed by atoms with Crippen LogP contribution in [0.4, 0.5) is 0 Å². The minimum absolute atomic E-state index is 0.683. The van der Waals surface area contributed by atoms with Gasteiger partial charge in [-0.3, -0.25) is 4.21 Å². The third kappa shape index (κ3) is 4.90. The summed E-state index contributed by atoms with van der Waals surface area (Å²) in [6.45, 7) is 7.30. The maximum atomic E-state index is 11.8. The minimum Gasteiger partial charge on any atom is -0.303 e. The number of nitrogens with zero attached hydrogens (tertiary/aromatic N) is 1. The molecule has 0 spiro atoms. The summed E-state index contributed by atoms with van der Waals surface area (Å²) in [7, 11) is -0.736. The molecule has 0 aliphatic heterocycles. The van der Waals surface area contributed by atoms with Gasteiger partial charge in [0.1, 0.15) is 0 Å². The summed E-state index contributed by atoms with van der Waals surface area (Å²) in [5.74, 6) is 1.46. The van der Waals surface area contributed by atoms with Gasteiger partial charge in [-0.05, 0) is 18.7 Å². The molecule has 1 rings (SSSR count). The third-order valence-electron chi connectivity index (χ3n) is 2.70. The van der Waals surface area contributed by atoms with Crippen LogP contribution in [-0.2, 0) is 16.6 Å². The SMILES string of the molecule is CCN(CC)CCS(=O)Cc1ccccc1. The first-order chi connectivity index (χ1) is 7.76. The van der Waals surface area contributed by atoms with E-state index in [2.05, 4.69) is 18.7 Å². The summed E-state index contributed by atoms with van der Waals surface area (Å²) in [6, 6.07) is 10.1. The van der Waals surface area contributed by atoms with Crippen LogP contribution in [0.2, 0.25) is 0 Å². The fourth-order valence-corrected chi connectivity index (χ4v) is 2.77. The van der Waals surface area contributed by atoms with Gasteiger partial charge < -0.3 is 4.90 Å². The van der Waals surface area contributed by atoms with Crippen molar-refractivity contribution in [2.45, 2.75) is 19.6 Å². The molecule has 2 nitrogen and oxygen atoms in total. The second kappa shape index (κ2) is 7.58. The Morgan fingerprint density at radius 2 is 1.75 bits per heavy atom. The highest BCUT2D eigenvalue weighted by Gasteiger charge is 2.04. The van der Waals surface area contributed by atoms with E-state index in [4.69, 9.17) is 0 Å². The van der Waals surface area contributed by atoms with Gasteiger partial charge in [0.15, 0.2) is 0 Å². The van der Waals surface area contributed by atoms with Crippen molar-refractivity contribution in [3.63, 3.8) is 0 Å². The second-order valence-corrected chi connectivity index (χ2v) is 5.38. The lowest BCUT2D eigenvalue weighted by atomic mass is 10.2. The molecule has 0 fully saturated rings. The molecule has 0 saturated heterocycles. The van der Waals surface area contributed by atoms with Crippen molar-refractivity contribution < 1.29 is 4.21 Å². The van der Waals surface area contributed by atoms with Gasteiger partial charge >= 0.3 is 0 Å². The number of hydrogen-bond acceptors (Lipinski definition) is 2. The van der Waals surface area contributed by atoms with E-state index in [-0.39, 0.29) is 0 Å². The average Bonchev–Trinajstić information content (AvgIpc) is 2.31. The van der Waals surface area contributed by atoms with Gasteiger partial charge in [-0.1, -0.05) is 44.2 Å². The highest BCUT2D eigenvalue weighted by molar-refractivity contribution is 7.84. The zero-order chi connectivity index (χ0) is 11.8. The lowest BCUT2D eigenvalue weighted by molar-refractivity contribution is 0.323. The van der Waals surface area contributed by atoms with E-state index in [1.807, 2.05) is 30.3 Å². The molecule has 0 saturated carbocycles. The third-order valence-corrected chi connectivity index (χ3v) is 3.99. The van der Waals surface area contributed by atoms with Gasteiger partial charge in [-0.25, -0.2) is 0 Å². The van der Waals surface area contributed by atoms with Crippen molar-refractivity contribution in [3.8, 4) is 0 Å². The fourth-order valence-electron chi connectivity index (χ4n) is 1.60. The van der Waals surface area contributed by atoms with E-state index in [1.54, 1.807) is 0 Å². The Labute approximate surface area is 101 Å². The van der Waals surface area contributed by atoms with Crippen molar-refractivity contribution in [1.82, 2.24) is 4.90 Å². The molecule has 0 heterocycles. The van der Waals surface area contributed by atoms with Crippen molar-refractivity contribution in [2.24, 2.45) is 0 Å². The monoisotopic (exact) mass is 239 g/mol. The first-order valence-electron chi connectivity index (χ1n) is 5.87. The molecule has 1 unspecified atom stereocenters. The highest BCUT2D eigenvalue weighted by Crippen LogP contribution is 2.03. The maximum absolute atomic E-state index is 11.8. The number of benzene rings is 1. The predicted octanol–water partition coefficient (Wildman–Crippen LogP) is 2.28. The first kappa shape index (κ1) is 13.4. The van der Waals surface area contributed by atoms with Crippen LogP contribution < -0.4 is 0 Å². The van der Waals surface area contributed by atoms with Crippen molar-refractivity contribution in [3.05, 3.63) is 35.9 Å². The van der Waals surface area contributed by atoms with Crippen LogP contribution in [0, 0.1) is 0 Å². The molecule has 0 aliphatic carbocycles. The molecule has 0 bridgehead atoms. The predicted molar refractivity (Wildman–Crippen MR) is 70.9 cm³/mol. The van der Waals surface area contributed by atoms with Crippen molar-refractivity contribution >= 4 is 10.8 Å². The Morgan fingerprint density at radius 1 is 1.12 bits per heavy atom. The van der Waals surface area contributed by atoms with Crippen LogP contribution >= 0.6 is 0 Å². The van der Waals surface area contributed by atoms with Crippen LogP contribution in [0.15, 0.2) is 30.3 Å². The summed E-state index contributed by atoms with van der Waals surface area (Å²) in [5.41, 5.74) is 1.17. The molecular weight excluding hydrogens is 218 g/mol. The molecule has 0 amide bonds. The Bertz CT molecular complexity index is 309. The summed E-state index contributed by atoms with van der Waals surface area (Å²) in [5, 5.41) is 0. The zero-order valence-electron chi connectivity index (χ0n) is 10.2. The summed E-state index contributed by atoms with van der Waals surface area (Å²) < 4.78 is 11.8. The van der Waals surface area contributed by atoms with Crippen LogP contribution in [0.3, 0.4) is 0 Å². The Kier molecular flexibility index (Phi) is 6.34. The number of hydrogen-bond donors (Lipinski definition) is 0. The molecular formula is C13H21NOS. The van der Waals surface area contributed by atoms with E-state index in [1.165, 1.54) is 5.56 Å².